The van der Waals surface area contributed by atoms with E-state index in [9.17, 15) is 23.1 Å². The molecule has 0 radical (unpaired) electrons. The average Bonchev–Trinajstić information content (AvgIpc) is 2.62. The first kappa shape index (κ1) is 21.7. The van der Waals surface area contributed by atoms with Crippen LogP contribution in [0.4, 0.5) is 18.0 Å². The Morgan fingerprint density at radius 3 is 2.59 bits per heavy atom. The highest BCUT2D eigenvalue weighted by Gasteiger charge is 2.38. The summed E-state index contributed by atoms with van der Waals surface area (Å²) in [5, 5.41) is 11.0. The molecule has 0 saturated carbocycles. The summed E-state index contributed by atoms with van der Waals surface area (Å²) in [6.45, 7) is 2.29. The number of halogens is 4. The van der Waals surface area contributed by atoms with E-state index in [2.05, 4.69) is 15.8 Å². The number of nitrogens with one attached hydrogen (secondary N) is 3. The van der Waals surface area contributed by atoms with Gasteiger partial charge in [0.1, 0.15) is 0 Å². The van der Waals surface area contributed by atoms with Gasteiger partial charge in [0.15, 0.2) is 0 Å². The number of rotatable bonds is 6. The number of likely N-dealkylation sites (tertiary alicyclic amines) is 1. The van der Waals surface area contributed by atoms with E-state index in [-0.39, 0.29) is 23.4 Å². The number of aliphatic hydroxyl groups is 1. The lowest BCUT2D eigenvalue weighted by Crippen LogP contribution is -2.48. The predicted octanol–water partition coefficient (Wildman–Crippen LogP) is 1.71. The van der Waals surface area contributed by atoms with Gasteiger partial charge in [0, 0.05) is 30.2 Å². The van der Waals surface area contributed by atoms with Crippen LogP contribution in [-0.2, 0) is 11.8 Å². The normalized spacial score (nSPS) is 17.6. The molecule has 152 valence electrons. The Hall–Kier alpha value is -1.59. The topological polar surface area (TPSA) is 103 Å². The number of carbonyl (C=O) groups is 1. The highest BCUT2D eigenvalue weighted by atomic mass is 35.5. The van der Waals surface area contributed by atoms with Gasteiger partial charge in [-0.15, -0.1) is 0 Å². The van der Waals surface area contributed by atoms with Gasteiger partial charge in [-0.3, -0.25) is 10.9 Å². The van der Waals surface area contributed by atoms with Crippen molar-refractivity contribution in [2.45, 2.75) is 31.0 Å². The number of urea groups is 1. The molecule has 2 rings (SSSR count). The third kappa shape index (κ3) is 5.94. The minimum absolute atomic E-state index is 0.123. The Labute approximate surface area is 160 Å². The van der Waals surface area contributed by atoms with Crippen LogP contribution >= 0.6 is 11.6 Å². The predicted molar refractivity (Wildman–Crippen MR) is 94.5 cm³/mol. The molecule has 7 nitrogen and oxygen atoms in total. The molecule has 2 amide bonds. The molecule has 0 bridgehead atoms. The Balaban J connectivity index is 1.88. The van der Waals surface area contributed by atoms with Crippen LogP contribution in [0.2, 0.25) is 5.02 Å². The van der Waals surface area contributed by atoms with E-state index in [0.717, 1.165) is 18.6 Å². The van der Waals surface area contributed by atoms with Gasteiger partial charge in [0.2, 0.25) is 0 Å². The van der Waals surface area contributed by atoms with E-state index in [4.69, 9.17) is 17.4 Å². The molecule has 0 spiro atoms. The van der Waals surface area contributed by atoms with Crippen LogP contribution in [-0.4, -0.2) is 42.2 Å². The Morgan fingerprint density at radius 1 is 1.33 bits per heavy atom. The number of hydrogen-bond donors (Lipinski definition) is 5. The molecule has 1 aromatic carbocycles. The number of benzene rings is 1. The maximum Gasteiger partial charge on any atom is 0.416 e. The molecule has 1 fully saturated rings. The fourth-order valence-electron chi connectivity index (χ4n) is 3.04. The molecule has 1 aromatic rings. The highest BCUT2D eigenvalue weighted by molar-refractivity contribution is 6.31. The largest absolute Gasteiger partial charge is 0.416 e. The monoisotopic (exact) mass is 409 g/mol. The van der Waals surface area contributed by atoms with Gasteiger partial charge in [-0.25, -0.2) is 16.1 Å². The number of carbonyl (C=O) groups excluding carboxylic acids is 1. The molecule has 0 atom stereocenters. The summed E-state index contributed by atoms with van der Waals surface area (Å²) >= 11 is 6.06. The van der Waals surface area contributed by atoms with Crippen LogP contribution in [0.15, 0.2) is 18.2 Å². The van der Waals surface area contributed by atoms with E-state index in [0.29, 0.717) is 26.2 Å². The van der Waals surface area contributed by atoms with Crippen molar-refractivity contribution < 1.29 is 23.1 Å². The SMILES string of the molecule is NNC(=O)NNCCCN1CCC(O)(c2cc(C(F)(F)F)ccc2Cl)CC1. The van der Waals surface area contributed by atoms with Crippen molar-refractivity contribution in [2.75, 3.05) is 26.2 Å². The Kier molecular flexibility index (Phi) is 7.29. The van der Waals surface area contributed by atoms with Crippen molar-refractivity contribution >= 4 is 17.6 Å². The standard InChI is InChI=1S/C16H23ClF3N5O2/c17-13-3-2-11(16(18,19)20)10-12(13)15(27)4-8-25(9-5-15)7-1-6-22-24-14(26)23-21/h2-3,10,22,27H,1,4-9,21H2,(H2,23,24,26). The van der Waals surface area contributed by atoms with Gasteiger partial charge < -0.3 is 10.0 Å². The molecular formula is C16H23ClF3N5O2. The summed E-state index contributed by atoms with van der Waals surface area (Å²) in [7, 11) is 0. The number of hydrazine groups is 2. The van der Waals surface area contributed by atoms with E-state index >= 15 is 0 Å². The van der Waals surface area contributed by atoms with E-state index in [1.54, 1.807) is 0 Å². The first-order valence-corrected chi connectivity index (χ1v) is 8.85. The van der Waals surface area contributed by atoms with Crippen LogP contribution in [0.3, 0.4) is 0 Å². The van der Waals surface area contributed by atoms with Crippen LogP contribution in [0.1, 0.15) is 30.4 Å². The highest BCUT2D eigenvalue weighted by Crippen LogP contribution is 2.40. The zero-order valence-corrected chi connectivity index (χ0v) is 15.3. The summed E-state index contributed by atoms with van der Waals surface area (Å²) in [6, 6.07) is 2.49. The first-order valence-electron chi connectivity index (χ1n) is 8.47. The van der Waals surface area contributed by atoms with Gasteiger partial charge in [-0.2, -0.15) is 13.2 Å². The lowest BCUT2D eigenvalue weighted by atomic mass is 9.83. The van der Waals surface area contributed by atoms with Gasteiger partial charge in [0.05, 0.1) is 11.2 Å². The number of amides is 2. The molecule has 6 N–H and O–H groups in total. The second kappa shape index (κ2) is 9.07. The molecule has 0 aliphatic carbocycles. The second-order valence-corrected chi connectivity index (χ2v) is 6.85. The maximum atomic E-state index is 13.0. The van der Waals surface area contributed by atoms with Gasteiger partial charge in [0.25, 0.3) is 0 Å². The average molecular weight is 410 g/mol. The van der Waals surface area contributed by atoms with Crippen LogP contribution in [0.5, 0.6) is 0 Å². The summed E-state index contributed by atoms with van der Waals surface area (Å²) in [5.74, 6) is 4.92. The van der Waals surface area contributed by atoms with Crippen molar-refractivity contribution in [3.63, 3.8) is 0 Å². The molecule has 1 saturated heterocycles. The molecule has 1 aliphatic heterocycles. The molecule has 0 unspecified atom stereocenters. The van der Waals surface area contributed by atoms with Crippen molar-refractivity contribution in [2.24, 2.45) is 5.84 Å². The third-order valence-corrected chi connectivity index (χ3v) is 4.92. The summed E-state index contributed by atoms with van der Waals surface area (Å²) < 4.78 is 38.9. The molecular weight excluding hydrogens is 387 g/mol. The number of nitrogens with two attached hydrogens (primary N) is 1. The van der Waals surface area contributed by atoms with E-state index in [1.165, 1.54) is 6.07 Å². The lowest BCUT2D eigenvalue weighted by molar-refractivity contribution is -0.137. The van der Waals surface area contributed by atoms with Crippen molar-refractivity contribution in [3.8, 4) is 0 Å². The van der Waals surface area contributed by atoms with Crippen LogP contribution in [0, 0.1) is 0 Å². The second-order valence-electron chi connectivity index (χ2n) is 6.44. The molecule has 11 heteroatoms. The third-order valence-electron chi connectivity index (χ3n) is 4.59. The van der Waals surface area contributed by atoms with E-state index in [1.807, 2.05) is 5.43 Å². The zero-order chi connectivity index (χ0) is 20.1. The lowest BCUT2D eigenvalue weighted by Gasteiger charge is -2.39. The van der Waals surface area contributed by atoms with Gasteiger partial charge in [-0.1, -0.05) is 11.6 Å². The van der Waals surface area contributed by atoms with Gasteiger partial charge >= 0.3 is 12.2 Å². The zero-order valence-electron chi connectivity index (χ0n) is 14.6. The minimum atomic E-state index is -4.49. The van der Waals surface area contributed by atoms with Crippen molar-refractivity contribution in [3.05, 3.63) is 34.3 Å². The summed E-state index contributed by atoms with van der Waals surface area (Å²) in [4.78, 5) is 13.0. The maximum absolute atomic E-state index is 13.0. The molecule has 1 aliphatic rings. The van der Waals surface area contributed by atoms with Crippen molar-refractivity contribution in [1.82, 2.24) is 21.2 Å². The van der Waals surface area contributed by atoms with E-state index < -0.39 is 23.4 Å². The number of piperidine rings is 1. The Bertz CT molecular complexity index is 651. The first-order chi connectivity index (χ1) is 12.7. The molecule has 0 aromatic heterocycles. The quantitative estimate of drug-likeness (QED) is 0.213. The van der Waals surface area contributed by atoms with Crippen LogP contribution in [0.25, 0.3) is 0 Å². The molecule has 1 heterocycles. The van der Waals surface area contributed by atoms with Crippen molar-refractivity contribution in [1.29, 1.82) is 0 Å². The Morgan fingerprint density at radius 2 is 2.00 bits per heavy atom. The number of nitrogens with zero attached hydrogens (tertiary/aromatic N) is 1. The summed E-state index contributed by atoms with van der Waals surface area (Å²) in [5.41, 5.74) is 4.88. The smallest absolute Gasteiger partial charge is 0.385 e. The van der Waals surface area contributed by atoms with Gasteiger partial charge in [-0.05, 0) is 44.0 Å². The van der Waals surface area contributed by atoms with Crippen LogP contribution < -0.4 is 22.1 Å². The fraction of sp³-hybridized carbons (Fsp3) is 0.562. The molecule has 27 heavy (non-hydrogen) atoms. The number of hydrogen-bond acceptors (Lipinski definition) is 5. The number of alkyl halides is 3. The fourth-order valence-corrected chi connectivity index (χ4v) is 3.34. The minimum Gasteiger partial charge on any atom is -0.385 e. The summed E-state index contributed by atoms with van der Waals surface area (Å²) in [6.07, 6.45) is -3.18.